The predicted octanol–water partition coefficient (Wildman–Crippen LogP) is 3.38. The number of aliphatic imine (C=N–C) groups is 1. The van der Waals surface area contributed by atoms with Crippen LogP contribution in [0.25, 0.3) is 0 Å². The number of hydrogen-bond acceptors (Lipinski definition) is 9. The molecular weight excluding hydrogens is 536 g/mol. The summed E-state index contributed by atoms with van der Waals surface area (Å²) in [6.07, 6.45) is 2.03. The molecule has 1 aromatic carbocycles. The average molecular weight is 563 g/mol. The summed E-state index contributed by atoms with van der Waals surface area (Å²) in [6, 6.07) is 7.12. The summed E-state index contributed by atoms with van der Waals surface area (Å²) in [5.41, 5.74) is 2.00. The molecule has 0 radical (unpaired) electrons. The van der Waals surface area contributed by atoms with Crippen LogP contribution < -0.4 is 5.32 Å². The Labute approximate surface area is 216 Å². The van der Waals surface area contributed by atoms with E-state index in [1.54, 1.807) is 13.1 Å². The van der Waals surface area contributed by atoms with Crippen LogP contribution >= 0.6 is 27.3 Å². The van der Waals surface area contributed by atoms with Gasteiger partial charge in [-0.1, -0.05) is 34.1 Å². The smallest absolute Gasteiger partial charge is 0.338 e. The van der Waals surface area contributed by atoms with Crippen LogP contribution in [0.3, 0.4) is 0 Å². The molecule has 0 bridgehead atoms. The minimum atomic E-state index is -0.840. The maximum absolute atomic E-state index is 13.3. The number of aromatic nitrogens is 1. The van der Waals surface area contributed by atoms with Gasteiger partial charge in [0.2, 0.25) is 0 Å². The fourth-order valence-corrected chi connectivity index (χ4v) is 5.24. The summed E-state index contributed by atoms with van der Waals surface area (Å²) in [4.78, 5) is 35.7. The van der Waals surface area contributed by atoms with Crippen LogP contribution in [0, 0.1) is 0 Å². The molecule has 9 nitrogen and oxygen atoms in total. The molecule has 35 heavy (non-hydrogen) atoms. The molecule has 2 aliphatic rings. The van der Waals surface area contributed by atoms with Gasteiger partial charge in [0, 0.05) is 47.8 Å². The number of amidine groups is 1. The fraction of sp³-hybridized carbons (Fsp3) is 0.417. The Morgan fingerprint density at radius 1 is 1.37 bits per heavy atom. The second-order valence-electron chi connectivity index (χ2n) is 8.14. The molecule has 3 heterocycles. The van der Waals surface area contributed by atoms with Crippen LogP contribution in [0.15, 0.2) is 56.6 Å². The molecule has 1 aromatic heterocycles. The number of aliphatic carboxylic acids is 1. The van der Waals surface area contributed by atoms with Gasteiger partial charge in [0.15, 0.2) is 10.8 Å². The van der Waals surface area contributed by atoms with Crippen molar-refractivity contribution in [2.75, 3.05) is 32.8 Å². The number of thiazole rings is 1. The second-order valence-corrected chi connectivity index (χ2v) is 9.89. The summed E-state index contributed by atoms with van der Waals surface area (Å²) < 4.78 is 12.1. The molecular formula is C24H27BrN4O5S. The highest BCUT2D eigenvalue weighted by Gasteiger charge is 2.35. The largest absolute Gasteiger partial charge is 0.481 e. The number of carboxylic acids is 1. The Balaban J connectivity index is 1.70. The first kappa shape index (κ1) is 25.5. The zero-order valence-corrected chi connectivity index (χ0v) is 21.7. The van der Waals surface area contributed by atoms with Crippen molar-refractivity contribution in [2.24, 2.45) is 4.99 Å². The molecule has 2 aliphatic heterocycles. The summed E-state index contributed by atoms with van der Waals surface area (Å²) in [6.45, 7) is 4.18. The lowest BCUT2D eigenvalue weighted by atomic mass is 9.95. The normalized spacial score (nSPS) is 20.8. The van der Waals surface area contributed by atoms with Crippen LogP contribution in [0.5, 0.6) is 0 Å². The van der Waals surface area contributed by atoms with Gasteiger partial charge in [-0.05, 0) is 25.0 Å². The Bertz CT molecular complexity index is 1120. The van der Waals surface area contributed by atoms with E-state index in [1.165, 1.54) is 11.3 Å². The molecule has 2 N–H and O–H groups in total. The lowest BCUT2D eigenvalue weighted by Crippen LogP contribution is -2.46. The lowest BCUT2D eigenvalue weighted by molar-refractivity contribution is -0.139. The maximum Gasteiger partial charge on any atom is 0.338 e. The molecule has 0 unspecified atom stereocenters. The van der Waals surface area contributed by atoms with Gasteiger partial charge in [-0.25, -0.2) is 9.78 Å². The number of ether oxygens (including phenoxy) is 2. The first-order chi connectivity index (χ1) is 17.0. The van der Waals surface area contributed by atoms with E-state index in [9.17, 15) is 9.59 Å². The van der Waals surface area contributed by atoms with Gasteiger partial charge < -0.3 is 19.9 Å². The number of halogens is 1. The summed E-state index contributed by atoms with van der Waals surface area (Å²) in [7, 11) is 0. The monoisotopic (exact) mass is 562 g/mol. The Morgan fingerprint density at radius 3 is 2.91 bits per heavy atom. The molecule has 186 valence electrons. The van der Waals surface area contributed by atoms with E-state index in [-0.39, 0.29) is 19.1 Å². The zero-order chi connectivity index (χ0) is 24.8. The predicted molar refractivity (Wildman–Crippen MR) is 135 cm³/mol. The summed E-state index contributed by atoms with van der Waals surface area (Å²) in [5.74, 6) is -0.666. The number of morpholine rings is 1. The third kappa shape index (κ3) is 6.35. The third-order valence-electron chi connectivity index (χ3n) is 5.74. The number of nitrogens with zero attached hydrogens (tertiary/aromatic N) is 3. The minimum Gasteiger partial charge on any atom is -0.481 e. The van der Waals surface area contributed by atoms with Gasteiger partial charge in [0.25, 0.3) is 0 Å². The number of esters is 1. The van der Waals surface area contributed by atoms with Gasteiger partial charge in [-0.2, -0.15) is 0 Å². The van der Waals surface area contributed by atoms with E-state index in [4.69, 9.17) is 19.6 Å². The molecule has 0 amide bonds. The fourth-order valence-electron chi connectivity index (χ4n) is 4.15. The zero-order valence-electron chi connectivity index (χ0n) is 19.3. The van der Waals surface area contributed by atoms with Crippen molar-refractivity contribution in [1.29, 1.82) is 0 Å². The van der Waals surface area contributed by atoms with Crippen molar-refractivity contribution in [3.63, 3.8) is 0 Å². The van der Waals surface area contributed by atoms with Gasteiger partial charge in [0.05, 0.1) is 24.9 Å². The highest BCUT2D eigenvalue weighted by Crippen LogP contribution is 2.36. The van der Waals surface area contributed by atoms with Gasteiger partial charge in [-0.15, -0.1) is 11.3 Å². The molecule has 0 spiro atoms. The van der Waals surface area contributed by atoms with Crippen LogP contribution in [0.4, 0.5) is 0 Å². The Morgan fingerprint density at radius 2 is 2.20 bits per heavy atom. The third-order valence-corrected chi connectivity index (χ3v) is 7.24. The highest BCUT2D eigenvalue weighted by atomic mass is 79.9. The molecule has 1 fully saturated rings. The Kier molecular flexibility index (Phi) is 8.66. The van der Waals surface area contributed by atoms with E-state index in [0.717, 1.165) is 15.0 Å². The van der Waals surface area contributed by atoms with E-state index in [2.05, 4.69) is 31.1 Å². The van der Waals surface area contributed by atoms with E-state index in [1.807, 2.05) is 29.6 Å². The topological polar surface area (TPSA) is 113 Å². The van der Waals surface area contributed by atoms with Crippen LogP contribution in [-0.2, 0) is 19.1 Å². The standard InChI is InChI=1S/C24H27BrN4O5S/c1-2-33-24(32)20-18(14-29-10-11-34-15(13-29)7-8-19(30)31)27-22(23-26-9-12-35-23)28-21(20)16-5-3-4-6-17(16)25/h3-6,9,12,15,21H,2,7-8,10-11,13-14H2,1H3,(H,27,28)(H,30,31)/t15-,21+/m1/s1. The SMILES string of the molecule is CCOC(=O)C1=C(CN2CCO[C@H](CCC(=O)O)C2)NC(c2nccs2)=N[C@H]1c1ccccc1Br. The van der Waals surface area contributed by atoms with Crippen molar-refractivity contribution in [1.82, 2.24) is 15.2 Å². The molecule has 2 atom stereocenters. The van der Waals surface area contributed by atoms with E-state index < -0.39 is 18.0 Å². The molecule has 4 rings (SSSR count). The number of hydrogen-bond donors (Lipinski definition) is 2. The Hall–Kier alpha value is -2.60. The van der Waals surface area contributed by atoms with Crippen molar-refractivity contribution in [2.45, 2.75) is 31.9 Å². The molecule has 0 aliphatic carbocycles. The number of carbonyl (C=O) groups is 2. The van der Waals surface area contributed by atoms with Gasteiger partial charge in [-0.3, -0.25) is 14.7 Å². The molecule has 0 saturated carbocycles. The first-order valence-electron chi connectivity index (χ1n) is 11.4. The quantitative estimate of drug-likeness (QED) is 0.447. The molecule has 1 saturated heterocycles. The van der Waals surface area contributed by atoms with Crippen molar-refractivity contribution in [3.8, 4) is 0 Å². The summed E-state index contributed by atoms with van der Waals surface area (Å²) in [5, 5.41) is 15.0. The minimum absolute atomic E-state index is 0.0541. The molecule has 11 heteroatoms. The second kappa shape index (κ2) is 11.9. The average Bonchev–Trinajstić information content (AvgIpc) is 3.38. The lowest BCUT2D eigenvalue weighted by Gasteiger charge is -2.35. The number of carboxylic acid groups (broad SMARTS) is 1. The van der Waals surface area contributed by atoms with E-state index in [0.29, 0.717) is 49.8 Å². The van der Waals surface area contributed by atoms with Crippen LogP contribution in [0.1, 0.15) is 36.4 Å². The summed E-state index contributed by atoms with van der Waals surface area (Å²) >= 11 is 5.08. The van der Waals surface area contributed by atoms with Gasteiger partial charge >= 0.3 is 11.9 Å². The van der Waals surface area contributed by atoms with Crippen LogP contribution in [0.2, 0.25) is 0 Å². The van der Waals surface area contributed by atoms with E-state index >= 15 is 0 Å². The van der Waals surface area contributed by atoms with Crippen molar-refractivity contribution in [3.05, 3.63) is 62.2 Å². The van der Waals surface area contributed by atoms with Crippen molar-refractivity contribution >= 4 is 45.0 Å². The molecule has 2 aromatic rings. The number of benzene rings is 1. The first-order valence-corrected chi connectivity index (χ1v) is 13.1. The van der Waals surface area contributed by atoms with Crippen molar-refractivity contribution < 1.29 is 24.2 Å². The maximum atomic E-state index is 13.3. The number of rotatable bonds is 9. The number of carbonyl (C=O) groups excluding carboxylic acids is 1. The highest BCUT2D eigenvalue weighted by molar-refractivity contribution is 9.10. The number of nitrogens with one attached hydrogen (secondary N) is 1. The van der Waals surface area contributed by atoms with Gasteiger partial charge in [0.1, 0.15) is 6.04 Å². The van der Waals surface area contributed by atoms with Crippen LogP contribution in [-0.4, -0.2) is 71.7 Å².